The summed E-state index contributed by atoms with van der Waals surface area (Å²) in [7, 11) is 1.64. The zero-order chi connectivity index (χ0) is 12.1. The van der Waals surface area contributed by atoms with Crippen LogP contribution in [0.1, 0.15) is 18.6 Å². The Kier molecular flexibility index (Phi) is 4.46. The number of hydrogen-bond acceptors (Lipinski definition) is 3. The largest absolute Gasteiger partial charge is 0.386 e. The SMILES string of the molecule is C[C@H](C(O)c1ccccc1)N(C)C(=O)CN. The molecule has 1 aromatic carbocycles. The molecule has 4 heteroatoms. The lowest BCUT2D eigenvalue weighted by atomic mass is 10.0. The molecule has 0 heterocycles. The molecule has 4 nitrogen and oxygen atoms in total. The van der Waals surface area contributed by atoms with E-state index in [2.05, 4.69) is 0 Å². The number of nitrogens with zero attached hydrogens (tertiary/aromatic N) is 1. The zero-order valence-corrected chi connectivity index (χ0v) is 9.63. The third kappa shape index (κ3) is 2.81. The maximum Gasteiger partial charge on any atom is 0.236 e. The molecule has 0 aliphatic heterocycles. The summed E-state index contributed by atoms with van der Waals surface area (Å²) in [4.78, 5) is 12.8. The molecule has 0 fully saturated rings. The molecular formula is C12H18N2O2. The van der Waals surface area contributed by atoms with Crippen LogP contribution >= 0.6 is 0 Å². The highest BCUT2D eigenvalue weighted by Crippen LogP contribution is 2.19. The summed E-state index contributed by atoms with van der Waals surface area (Å²) in [5.74, 6) is -0.178. The van der Waals surface area contributed by atoms with Crippen LogP contribution in [0.2, 0.25) is 0 Å². The summed E-state index contributed by atoms with van der Waals surface area (Å²) in [5, 5.41) is 10.1. The van der Waals surface area contributed by atoms with Crippen LogP contribution < -0.4 is 5.73 Å². The van der Waals surface area contributed by atoms with Crippen LogP contribution in [0.5, 0.6) is 0 Å². The fourth-order valence-electron chi connectivity index (χ4n) is 1.51. The van der Waals surface area contributed by atoms with E-state index in [0.717, 1.165) is 5.56 Å². The van der Waals surface area contributed by atoms with E-state index >= 15 is 0 Å². The number of likely N-dealkylation sites (N-methyl/N-ethyl adjacent to an activating group) is 1. The molecule has 0 aliphatic rings. The molecule has 0 spiro atoms. The first-order valence-electron chi connectivity index (χ1n) is 5.26. The number of amides is 1. The van der Waals surface area contributed by atoms with Gasteiger partial charge >= 0.3 is 0 Å². The van der Waals surface area contributed by atoms with E-state index in [1.807, 2.05) is 30.3 Å². The van der Waals surface area contributed by atoms with Gasteiger partial charge in [0, 0.05) is 7.05 Å². The predicted molar refractivity (Wildman–Crippen MR) is 62.7 cm³/mol. The molecule has 0 aromatic heterocycles. The van der Waals surface area contributed by atoms with E-state index in [9.17, 15) is 9.90 Å². The highest BCUT2D eigenvalue weighted by molar-refractivity contribution is 5.78. The molecule has 0 saturated heterocycles. The zero-order valence-electron chi connectivity index (χ0n) is 9.63. The van der Waals surface area contributed by atoms with Crippen molar-refractivity contribution in [3.63, 3.8) is 0 Å². The Hall–Kier alpha value is -1.39. The van der Waals surface area contributed by atoms with Crippen molar-refractivity contribution in [1.82, 2.24) is 4.90 Å². The number of carbonyl (C=O) groups excluding carboxylic acids is 1. The topological polar surface area (TPSA) is 66.6 Å². The molecular weight excluding hydrogens is 204 g/mol. The van der Waals surface area contributed by atoms with Gasteiger partial charge in [-0.1, -0.05) is 30.3 Å². The minimum Gasteiger partial charge on any atom is -0.386 e. The van der Waals surface area contributed by atoms with Gasteiger partial charge in [-0.2, -0.15) is 0 Å². The van der Waals surface area contributed by atoms with Crippen LogP contribution in [0.3, 0.4) is 0 Å². The van der Waals surface area contributed by atoms with Crippen molar-refractivity contribution in [2.45, 2.75) is 19.1 Å². The highest BCUT2D eigenvalue weighted by Gasteiger charge is 2.22. The van der Waals surface area contributed by atoms with Gasteiger partial charge in [0.25, 0.3) is 0 Å². The van der Waals surface area contributed by atoms with E-state index in [1.165, 1.54) is 4.90 Å². The van der Waals surface area contributed by atoms with Gasteiger partial charge in [-0.15, -0.1) is 0 Å². The van der Waals surface area contributed by atoms with Crippen LogP contribution in [0, 0.1) is 0 Å². The van der Waals surface area contributed by atoms with E-state index in [-0.39, 0.29) is 18.5 Å². The van der Waals surface area contributed by atoms with E-state index < -0.39 is 6.10 Å². The summed E-state index contributed by atoms with van der Waals surface area (Å²) in [5.41, 5.74) is 6.07. The van der Waals surface area contributed by atoms with Crippen molar-refractivity contribution >= 4 is 5.91 Å². The summed E-state index contributed by atoms with van der Waals surface area (Å²) >= 11 is 0. The number of aliphatic hydroxyl groups excluding tert-OH is 1. The molecule has 0 saturated carbocycles. The van der Waals surface area contributed by atoms with Crippen molar-refractivity contribution in [1.29, 1.82) is 0 Å². The maximum absolute atomic E-state index is 11.4. The Morgan fingerprint density at radius 1 is 1.44 bits per heavy atom. The van der Waals surface area contributed by atoms with Gasteiger partial charge < -0.3 is 15.7 Å². The van der Waals surface area contributed by atoms with E-state index in [0.29, 0.717) is 0 Å². The summed E-state index contributed by atoms with van der Waals surface area (Å²) < 4.78 is 0. The van der Waals surface area contributed by atoms with E-state index in [1.54, 1.807) is 14.0 Å². The van der Waals surface area contributed by atoms with Crippen molar-refractivity contribution in [2.24, 2.45) is 5.73 Å². The maximum atomic E-state index is 11.4. The lowest BCUT2D eigenvalue weighted by molar-refractivity contribution is -0.132. The second-order valence-electron chi connectivity index (χ2n) is 3.80. The third-order valence-electron chi connectivity index (χ3n) is 2.78. The molecule has 1 amide bonds. The smallest absolute Gasteiger partial charge is 0.236 e. The Morgan fingerprint density at radius 3 is 2.50 bits per heavy atom. The molecule has 0 radical (unpaired) electrons. The number of hydrogen-bond donors (Lipinski definition) is 2. The molecule has 1 rings (SSSR count). The standard InChI is InChI=1S/C12H18N2O2/c1-9(14(2)11(15)8-13)12(16)10-6-4-3-5-7-10/h3-7,9,12,16H,8,13H2,1-2H3/t9-,12?/m1/s1. The fraction of sp³-hybridized carbons (Fsp3) is 0.417. The Labute approximate surface area is 95.7 Å². The molecule has 1 aromatic rings. The number of rotatable bonds is 4. The van der Waals surface area contributed by atoms with Crippen molar-refractivity contribution in [2.75, 3.05) is 13.6 Å². The van der Waals surface area contributed by atoms with Crippen molar-refractivity contribution in [3.05, 3.63) is 35.9 Å². The Bertz CT molecular complexity index is 340. The second kappa shape index (κ2) is 5.63. The van der Waals surface area contributed by atoms with Crippen LogP contribution in [0.25, 0.3) is 0 Å². The van der Waals surface area contributed by atoms with Gasteiger partial charge in [-0.05, 0) is 12.5 Å². The van der Waals surface area contributed by atoms with Gasteiger partial charge in [0.2, 0.25) is 5.91 Å². The van der Waals surface area contributed by atoms with Crippen molar-refractivity contribution < 1.29 is 9.90 Å². The quantitative estimate of drug-likeness (QED) is 0.780. The first-order valence-corrected chi connectivity index (χ1v) is 5.26. The van der Waals surface area contributed by atoms with E-state index in [4.69, 9.17) is 5.73 Å². The van der Waals surface area contributed by atoms with Gasteiger partial charge in [-0.3, -0.25) is 4.79 Å². The lowest BCUT2D eigenvalue weighted by Crippen LogP contribution is -2.42. The average Bonchev–Trinajstić information content (AvgIpc) is 2.36. The molecule has 2 atom stereocenters. The highest BCUT2D eigenvalue weighted by atomic mass is 16.3. The molecule has 88 valence electrons. The van der Waals surface area contributed by atoms with Gasteiger partial charge in [0.15, 0.2) is 0 Å². The number of benzene rings is 1. The first-order chi connectivity index (χ1) is 7.57. The summed E-state index contributed by atoms with van der Waals surface area (Å²) in [6, 6.07) is 8.98. The molecule has 16 heavy (non-hydrogen) atoms. The van der Waals surface area contributed by atoms with Gasteiger partial charge in [-0.25, -0.2) is 0 Å². The minimum absolute atomic E-state index is 0.0393. The minimum atomic E-state index is -0.693. The van der Waals surface area contributed by atoms with Crippen molar-refractivity contribution in [3.8, 4) is 0 Å². The lowest BCUT2D eigenvalue weighted by Gasteiger charge is -2.28. The van der Waals surface area contributed by atoms with Crippen LogP contribution in [0.15, 0.2) is 30.3 Å². The number of aliphatic hydroxyl groups is 1. The summed E-state index contributed by atoms with van der Waals surface area (Å²) in [6.07, 6.45) is -0.693. The average molecular weight is 222 g/mol. The first kappa shape index (κ1) is 12.7. The van der Waals surface area contributed by atoms with Gasteiger partial charge in [0.05, 0.1) is 18.7 Å². The van der Waals surface area contributed by atoms with Crippen LogP contribution in [-0.2, 0) is 4.79 Å². The number of carbonyl (C=O) groups is 1. The molecule has 0 aliphatic carbocycles. The van der Waals surface area contributed by atoms with Gasteiger partial charge in [0.1, 0.15) is 0 Å². The third-order valence-corrected chi connectivity index (χ3v) is 2.78. The predicted octanol–water partition coefficient (Wildman–Crippen LogP) is 0.526. The second-order valence-corrected chi connectivity index (χ2v) is 3.80. The molecule has 1 unspecified atom stereocenters. The van der Waals surface area contributed by atoms with Crippen LogP contribution in [0.4, 0.5) is 0 Å². The normalized spacial score (nSPS) is 14.2. The fourth-order valence-corrected chi connectivity index (χ4v) is 1.51. The van der Waals surface area contributed by atoms with Crippen LogP contribution in [-0.4, -0.2) is 35.5 Å². The monoisotopic (exact) mass is 222 g/mol. The Balaban J connectivity index is 2.74. The number of nitrogens with two attached hydrogens (primary N) is 1. The Morgan fingerprint density at radius 2 is 2.00 bits per heavy atom. The molecule has 3 N–H and O–H groups in total. The summed E-state index contributed by atoms with van der Waals surface area (Å²) in [6.45, 7) is 1.76. The molecule has 0 bridgehead atoms.